The van der Waals surface area contributed by atoms with E-state index in [1.54, 1.807) is 6.33 Å². The number of aromatic nitrogens is 3. The van der Waals surface area contributed by atoms with Gasteiger partial charge in [-0.2, -0.15) is 5.10 Å². The molecule has 5 heteroatoms. The van der Waals surface area contributed by atoms with Crippen LogP contribution in [0.15, 0.2) is 6.33 Å². The van der Waals surface area contributed by atoms with E-state index in [4.69, 9.17) is 4.74 Å². The monoisotopic (exact) mass is 182 g/mol. The van der Waals surface area contributed by atoms with Gasteiger partial charge < -0.3 is 10.1 Å². The van der Waals surface area contributed by atoms with Gasteiger partial charge >= 0.3 is 0 Å². The number of nitrogens with zero attached hydrogens (tertiary/aromatic N) is 3. The Morgan fingerprint density at radius 3 is 3.15 bits per heavy atom. The molecule has 1 aliphatic rings. The summed E-state index contributed by atoms with van der Waals surface area (Å²) in [7, 11) is 0. The SMILES string of the molecule is CCn1ncnc1COC1CNC1. The molecule has 0 radical (unpaired) electrons. The largest absolute Gasteiger partial charge is 0.368 e. The van der Waals surface area contributed by atoms with E-state index < -0.39 is 0 Å². The molecule has 0 aromatic carbocycles. The Bertz CT molecular complexity index is 269. The normalized spacial score (nSPS) is 17.3. The Morgan fingerprint density at radius 2 is 2.54 bits per heavy atom. The van der Waals surface area contributed by atoms with Gasteiger partial charge in [-0.3, -0.25) is 0 Å². The zero-order valence-corrected chi connectivity index (χ0v) is 7.73. The zero-order chi connectivity index (χ0) is 9.10. The lowest BCUT2D eigenvalue weighted by molar-refractivity contribution is 0.00286. The summed E-state index contributed by atoms with van der Waals surface area (Å²) in [4.78, 5) is 4.12. The van der Waals surface area contributed by atoms with Gasteiger partial charge in [-0.1, -0.05) is 0 Å². The van der Waals surface area contributed by atoms with E-state index >= 15 is 0 Å². The van der Waals surface area contributed by atoms with Gasteiger partial charge in [-0.25, -0.2) is 9.67 Å². The fourth-order valence-corrected chi connectivity index (χ4v) is 1.24. The van der Waals surface area contributed by atoms with Crippen molar-refractivity contribution in [1.82, 2.24) is 20.1 Å². The van der Waals surface area contributed by atoms with Gasteiger partial charge in [0.15, 0.2) is 5.82 Å². The number of hydrogen-bond acceptors (Lipinski definition) is 4. The van der Waals surface area contributed by atoms with Crippen LogP contribution in [0.2, 0.25) is 0 Å². The maximum Gasteiger partial charge on any atom is 0.152 e. The number of nitrogens with one attached hydrogen (secondary N) is 1. The second-order valence-electron chi connectivity index (χ2n) is 3.08. The molecule has 72 valence electrons. The molecule has 1 fully saturated rings. The predicted octanol–water partition coefficient (Wildman–Crippen LogP) is -0.214. The van der Waals surface area contributed by atoms with Crippen molar-refractivity contribution >= 4 is 0 Å². The Balaban J connectivity index is 1.85. The van der Waals surface area contributed by atoms with Crippen LogP contribution in [0, 0.1) is 0 Å². The van der Waals surface area contributed by atoms with Crippen LogP contribution in [0.1, 0.15) is 12.7 Å². The number of rotatable bonds is 4. The third kappa shape index (κ3) is 1.87. The van der Waals surface area contributed by atoms with Gasteiger partial charge in [-0.05, 0) is 6.92 Å². The van der Waals surface area contributed by atoms with Gasteiger partial charge in [-0.15, -0.1) is 0 Å². The number of aryl methyl sites for hydroxylation is 1. The molecule has 0 bridgehead atoms. The summed E-state index contributed by atoms with van der Waals surface area (Å²) in [5.74, 6) is 0.911. The molecule has 1 N–H and O–H groups in total. The fourth-order valence-electron chi connectivity index (χ4n) is 1.24. The van der Waals surface area contributed by atoms with Crippen LogP contribution in [0.3, 0.4) is 0 Å². The molecule has 0 unspecified atom stereocenters. The minimum atomic E-state index is 0.363. The third-order valence-electron chi connectivity index (χ3n) is 2.19. The van der Waals surface area contributed by atoms with E-state index in [-0.39, 0.29) is 0 Å². The number of ether oxygens (including phenoxy) is 1. The quantitative estimate of drug-likeness (QED) is 0.700. The Kier molecular flexibility index (Phi) is 2.56. The minimum Gasteiger partial charge on any atom is -0.368 e. The maximum atomic E-state index is 5.58. The molecule has 5 nitrogen and oxygen atoms in total. The van der Waals surface area contributed by atoms with E-state index in [2.05, 4.69) is 15.4 Å². The summed E-state index contributed by atoms with van der Waals surface area (Å²) in [6.07, 6.45) is 1.93. The van der Waals surface area contributed by atoms with Gasteiger partial charge in [0.05, 0.1) is 6.10 Å². The average molecular weight is 182 g/mol. The predicted molar refractivity (Wildman–Crippen MR) is 47.1 cm³/mol. The molecule has 1 aliphatic heterocycles. The highest BCUT2D eigenvalue weighted by molar-refractivity contribution is 4.83. The molecule has 13 heavy (non-hydrogen) atoms. The highest BCUT2D eigenvalue weighted by Crippen LogP contribution is 2.03. The second-order valence-corrected chi connectivity index (χ2v) is 3.08. The fraction of sp³-hybridized carbons (Fsp3) is 0.750. The summed E-state index contributed by atoms with van der Waals surface area (Å²) in [5, 5.41) is 7.22. The molecule has 1 aromatic rings. The Hall–Kier alpha value is -0.940. The van der Waals surface area contributed by atoms with Crippen LogP contribution < -0.4 is 5.32 Å². The lowest BCUT2D eigenvalue weighted by Gasteiger charge is -2.26. The van der Waals surface area contributed by atoms with Crippen LogP contribution >= 0.6 is 0 Å². The minimum absolute atomic E-state index is 0.363. The lowest BCUT2D eigenvalue weighted by Crippen LogP contribution is -2.48. The number of hydrogen-bond donors (Lipinski definition) is 1. The van der Waals surface area contributed by atoms with Crippen LogP contribution in [-0.4, -0.2) is 34.0 Å². The topological polar surface area (TPSA) is 52.0 Å². The van der Waals surface area contributed by atoms with Crippen LogP contribution in [0.25, 0.3) is 0 Å². The van der Waals surface area contributed by atoms with Crippen molar-refractivity contribution in [1.29, 1.82) is 0 Å². The van der Waals surface area contributed by atoms with Crippen LogP contribution in [-0.2, 0) is 17.9 Å². The molecule has 2 rings (SSSR count). The first-order chi connectivity index (χ1) is 6.40. The zero-order valence-electron chi connectivity index (χ0n) is 7.73. The van der Waals surface area contributed by atoms with Crippen molar-refractivity contribution in [3.8, 4) is 0 Å². The molecule has 2 heterocycles. The van der Waals surface area contributed by atoms with Crippen molar-refractivity contribution in [3.63, 3.8) is 0 Å². The molecular formula is C8H14N4O. The van der Waals surface area contributed by atoms with Crippen molar-refractivity contribution in [2.24, 2.45) is 0 Å². The maximum absolute atomic E-state index is 5.58. The summed E-state index contributed by atoms with van der Waals surface area (Å²) in [6.45, 7) is 5.38. The molecule has 0 saturated carbocycles. The summed E-state index contributed by atoms with van der Waals surface area (Å²) >= 11 is 0. The molecule has 0 atom stereocenters. The van der Waals surface area contributed by atoms with E-state index in [9.17, 15) is 0 Å². The van der Waals surface area contributed by atoms with Gasteiger partial charge in [0.25, 0.3) is 0 Å². The van der Waals surface area contributed by atoms with Crippen molar-refractivity contribution in [3.05, 3.63) is 12.2 Å². The highest BCUT2D eigenvalue weighted by Gasteiger charge is 2.17. The Morgan fingerprint density at radius 1 is 1.69 bits per heavy atom. The lowest BCUT2D eigenvalue weighted by atomic mass is 10.2. The molecule has 0 aliphatic carbocycles. The Labute approximate surface area is 77.1 Å². The van der Waals surface area contributed by atoms with Crippen molar-refractivity contribution < 1.29 is 4.74 Å². The molecule has 1 aromatic heterocycles. The second kappa shape index (κ2) is 3.85. The van der Waals surface area contributed by atoms with E-state index in [0.29, 0.717) is 12.7 Å². The van der Waals surface area contributed by atoms with Crippen LogP contribution in [0.5, 0.6) is 0 Å². The first-order valence-corrected chi connectivity index (χ1v) is 4.59. The van der Waals surface area contributed by atoms with Gasteiger partial charge in [0.2, 0.25) is 0 Å². The third-order valence-corrected chi connectivity index (χ3v) is 2.19. The van der Waals surface area contributed by atoms with E-state index in [1.807, 2.05) is 11.6 Å². The molecular weight excluding hydrogens is 168 g/mol. The van der Waals surface area contributed by atoms with Crippen LogP contribution in [0.4, 0.5) is 0 Å². The van der Waals surface area contributed by atoms with E-state index in [1.165, 1.54) is 0 Å². The first-order valence-electron chi connectivity index (χ1n) is 4.59. The smallest absolute Gasteiger partial charge is 0.152 e. The first kappa shape index (κ1) is 8.65. The molecule has 0 amide bonds. The average Bonchev–Trinajstić information content (AvgIpc) is 2.49. The summed E-state index contributed by atoms with van der Waals surface area (Å²) in [5.41, 5.74) is 0. The molecule has 1 saturated heterocycles. The van der Waals surface area contributed by atoms with E-state index in [0.717, 1.165) is 25.5 Å². The summed E-state index contributed by atoms with van der Waals surface area (Å²) < 4.78 is 7.43. The van der Waals surface area contributed by atoms with Gasteiger partial charge in [0, 0.05) is 19.6 Å². The summed E-state index contributed by atoms with van der Waals surface area (Å²) in [6, 6.07) is 0. The van der Waals surface area contributed by atoms with Crippen molar-refractivity contribution in [2.75, 3.05) is 13.1 Å². The molecule has 0 spiro atoms. The standard InChI is InChI=1S/C8H14N4O/c1-2-12-8(10-6-11-12)5-13-7-3-9-4-7/h6-7,9H,2-5H2,1H3. The van der Waals surface area contributed by atoms with Gasteiger partial charge in [0.1, 0.15) is 12.9 Å². The van der Waals surface area contributed by atoms with Crippen molar-refractivity contribution in [2.45, 2.75) is 26.2 Å². The highest BCUT2D eigenvalue weighted by atomic mass is 16.5.